The van der Waals surface area contributed by atoms with Gasteiger partial charge in [-0.3, -0.25) is 4.99 Å². The number of likely N-dealkylation sites (N-methyl/N-ethyl adjacent to an activating group) is 1. The first-order valence-electron chi connectivity index (χ1n) is 3.09. The zero-order valence-electron chi connectivity index (χ0n) is 6.24. The van der Waals surface area contributed by atoms with Crippen LogP contribution in [0.4, 0.5) is 0 Å². The van der Waals surface area contributed by atoms with Gasteiger partial charge in [0.25, 0.3) is 0 Å². The van der Waals surface area contributed by atoms with E-state index in [0.717, 1.165) is 5.84 Å². The van der Waals surface area contributed by atoms with Crippen molar-refractivity contribution in [2.45, 2.75) is 0 Å². The van der Waals surface area contributed by atoms with E-state index in [1.807, 2.05) is 11.9 Å². The van der Waals surface area contributed by atoms with Crippen molar-refractivity contribution in [3.05, 3.63) is 0 Å². The zero-order chi connectivity index (χ0) is 7.40. The van der Waals surface area contributed by atoms with Crippen LogP contribution in [0.15, 0.2) is 9.98 Å². The fourth-order valence-corrected chi connectivity index (χ4v) is 0.723. The first-order chi connectivity index (χ1) is 4.84. The van der Waals surface area contributed by atoms with Crippen LogP contribution in [0.25, 0.3) is 0 Å². The molecule has 1 aliphatic heterocycles. The monoisotopic (exact) mass is 141 g/mol. The first-order valence-corrected chi connectivity index (χ1v) is 3.09. The predicted octanol–water partition coefficient (Wildman–Crippen LogP) is -0.0375. The predicted molar refractivity (Wildman–Crippen MR) is 40.4 cm³/mol. The van der Waals surface area contributed by atoms with E-state index in [0.29, 0.717) is 13.3 Å². The van der Waals surface area contributed by atoms with E-state index in [1.54, 1.807) is 13.4 Å². The molecule has 10 heavy (non-hydrogen) atoms. The summed E-state index contributed by atoms with van der Waals surface area (Å²) >= 11 is 0. The molecule has 1 heterocycles. The van der Waals surface area contributed by atoms with Crippen LogP contribution in [-0.2, 0) is 4.74 Å². The SMILES string of the molecule is COCC1=NC=NCN1C. The van der Waals surface area contributed by atoms with Gasteiger partial charge in [0.1, 0.15) is 25.4 Å². The summed E-state index contributed by atoms with van der Waals surface area (Å²) in [4.78, 5) is 9.92. The summed E-state index contributed by atoms with van der Waals surface area (Å²) in [7, 11) is 3.59. The van der Waals surface area contributed by atoms with E-state index in [2.05, 4.69) is 9.98 Å². The third kappa shape index (κ3) is 1.54. The van der Waals surface area contributed by atoms with Gasteiger partial charge in [-0.2, -0.15) is 0 Å². The molecule has 4 nitrogen and oxygen atoms in total. The summed E-state index contributed by atoms with van der Waals surface area (Å²) in [5.74, 6) is 0.928. The van der Waals surface area contributed by atoms with Gasteiger partial charge in [-0.1, -0.05) is 0 Å². The molecule has 0 saturated carbocycles. The average Bonchev–Trinajstić information content (AvgIpc) is 1.94. The standard InChI is InChI=1S/C6H11N3O/c1-9-5-7-4-8-6(9)3-10-2/h4H,3,5H2,1-2H3. The molecule has 0 fully saturated rings. The minimum atomic E-state index is 0.558. The summed E-state index contributed by atoms with van der Waals surface area (Å²) in [5.41, 5.74) is 0. The molecule has 0 aromatic carbocycles. The largest absolute Gasteiger partial charge is 0.377 e. The molecule has 0 radical (unpaired) electrons. The van der Waals surface area contributed by atoms with Crippen molar-refractivity contribution in [3.63, 3.8) is 0 Å². The van der Waals surface area contributed by atoms with Crippen LogP contribution in [0.2, 0.25) is 0 Å². The number of hydrogen-bond acceptors (Lipinski definition) is 4. The lowest BCUT2D eigenvalue weighted by Gasteiger charge is -2.19. The van der Waals surface area contributed by atoms with Gasteiger partial charge in [0, 0.05) is 14.2 Å². The Morgan fingerprint density at radius 2 is 2.60 bits per heavy atom. The third-order valence-corrected chi connectivity index (χ3v) is 1.30. The molecule has 0 aromatic heterocycles. The molecule has 4 heteroatoms. The maximum absolute atomic E-state index is 4.92. The normalized spacial score (nSPS) is 17.4. The molecule has 56 valence electrons. The second-order valence-corrected chi connectivity index (χ2v) is 2.12. The maximum atomic E-state index is 4.92. The van der Waals surface area contributed by atoms with E-state index in [1.165, 1.54) is 0 Å². The lowest BCUT2D eigenvalue weighted by molar-refractivity contribution is 0.233. The average molecular weight is 141 g/mol. The van der Waals surface area contributed by atoms with Crippen molar-refractivity contribution >= 4 is 12.2 Å². The van der Waals surface area contributed by atoms with Gasteiger partial charge in [0.2, 0.25) is 0 Å². The minimum Gasteiger partial charge on any atom is -0.377 e. The molecule has 0 saturated heterocycles. The van der Waals surface area contributed by atoms with E-state index < -0.39 is 0 Å². The zero-order valence-corrected chi connectivity index (χ0v) is 6.24. The van der Waals surface area contributed by atoms with Crippen LogP contribution < -0.4 is 0 Å². The summed E-state index contributed by atoms with van der Waals surface area (Å²) in [5, 5.41) is 0. The Labute approximate surface area is 60.2 Å². The Bertz CT molecular complexity index is 164. The van der Waals surface area contributed by atoms with Crippen molar-refractivity contribution in [3.8, 4) is 0 Å². The molecule has 0 bridgehead atoms. The topological polar surface area (TPSA) is 37.2 Å². The van der Waals surface area contributed by atoms with Gasteiger partial charge in [-0.15, -0.1) is 0 Å². The highest BCUT2D eigenvalue weighted by atomic mass is 16.5. The van der Waals surface area contributed by atoms with Gasteiger partial charge >= 0.3 is 0 Å². The quantitative estimate of drug-likeness (QED) is 0.541. The molecule has 0 amide bonds. The van der Waals surface area contributed by atoms with E-state index in [-0.39, 0.29) is 0 Å². The molecule has 0 spiro atoms. The molecule has 1 rings (SSSR count). The fourth-order valence-electron chi connectivity index (χ4n) is 0.723. The van der Waals surface area contributed by atoms with Gasteiger partial charge in [-0.05, 0) is 0 Å². The van der Waals surface area contributed by atoms with Gasteiger partial charge in [-0.25, -0.2) is 4.99 Å². The van der Waals surface area contributed by atoms with E-state index in [4.69, 9.17) is 4.74 Å². The summed E-state index contributed by atoms with van der Waals surface area (Å²) in [6, 6.07) is 0. The number of nitrogens with zero attached hydrogens (tertiary/aromatic N) is 3. The van der Waals surface area contributed by atoms with Crippen LogP contribution in [0.1, 0.15) is 0 Å². The van der Waals surface area contributed by atoms with Crippen molar-refractivity contribution in [1.82, 2.24) is 4.90 Å². The summed E-state index contributed by atoms with van der Waals surface area (Å²) in [6.07, 6.45) is 1.56. The molecule has 0 unspecified atom stereocenters. The highest BCUT2D eigenvalue weighted by Gasteiger charge is 2.06. The first kappa shape index (κ1) is 7.21. The van der Waals surface area contributed by atoms with Gasteiger partial charge in [0.15, 0.2) is 0 Å². The lowest BCUT2D eigenvalue weighted by Crippen LogP contribution is -2.32. The molecule has 1 aliphatic rings. The van der Waals surface area contributed by atoms with Crippen molar-refractivity contribution in [1.29, 1.82) is 0 Å². The highest BCUT2D eigenvalue weighted by molar-refractivity contribution is 5.90. The Hall–Kier alpha value is -0.900. The molecule has 0 atom stereocenters. The minimum absolute atomic E-state index is 0.558. The smallest absolute Gasteiger partial charge is 0.133 e. The fraction of sp³-hybridized carbons (Fsp3) is 0.667. The molecule has 0 aliphatic carbocycles. The van der Waals surface area contributed by atoms with Crippen molar-refractivity contribution in [2.24, 2.45) is 9.98 Å². The summed E-state index contributed by atoms with van der Waals surface area (Å²) in [6.45, 7) is 1.24. The number of rotatable bonds is 2. The highest BCUT2D eigenvalue weighted by Crippen LogP contribution is 1.93. The third-order valence-electron chi connectivity index (χ3n) is 1.30. The van der Waals surface area contributed by atoms with Crippen LogP contribution >= 0.6 is 0 Å². The molecule has 0 N–H and O–H groups in total. The van der Waals surface area contributed by atoms with Crippen molar-refractivity contribution < 1.29 is 4.74 Å². The van der Waals surface area contributed by atoms with Gasteiger partial charge < -0.3 is 9.64 Å². The summed E-state index contributed by atoms with van der Waals surface area (Å²) < 4.78 is 4.92. The van der Waals surface area contributed by atoms with Crippen LogP contribution in [0, 0.1) is 0 Å². The maximum Gasteiger partial charge on any atom is 0.133 e. The molecular weight excluding hydrogens is 130 g/mol. The number of hydrogen-bond donors (Lipinski definition) is 0. The molecular formula is C6H11N3O. The Morgan fingerprint density at radius 3 is 3.20 bits per heavy atom. The Balaban J connectivity index is 2.52. The second kappa shape index (κ2) is 3.31. The lowest BCUT2D eigenvalue weighted by atomic mass is 10.5. The van der Waals surface area contributed by atoms with E-state index >= 15 is 0 Å². The number of amidine groups is 1. The number of aliphatic imine (C=N–C) groups is 2. The van der Waals surface area contributed by atoms with Crippen LogP contribution in [0.3, 0.4) is 0 Å². The molecule has 0 aromatic rings. The van der Waals surface area contributed by atoms with E-state index in [9.17, 15) is 0 Å². The van der Waals surface area contributed by atoms with Crippen LogP contribution in [0.5, 0.6) is 0 Å². The second-order valence-electron chi connectivity index (χ2n) is 2.12. The Kier molecular flexibility index (Phi) is 2.39. The van der Waals surface area contributed by atoms with Crippen molar-refractivity contribution in [2.75, 3.05) is 27.4 Å². The number of ether oxygens (including phenoxy) is 1. The van der Waals surface area contributed by atoms with Gasteiger partial charge in [0.05, 0.1) is 0 Å². The number of methoxy groups -OCH3 is 1. The van der Waals surface area contributed by atoms with Crippen LogP contribution in [-0.4, -0.2) is 44.5 Å². The Morgan fingerprint density at radius 1 is 1.80 bits per heavy atom.